The van der Waals surface area contributed by atoms with Crippen LogP contribution in [0.5, 0.6) is 5.75 Å². The number of benzene rings is 1. The van der Waals surface area contributed by atoms with E-state index < -0.39 is 0 Å². The molecule has 0 bridgehead atoms. The van der Waals surface area contributed by atoms with Crippen LogP contribution < -0.4 is 4.74 Å². The molecule has 1 aliphatic rings. The van der Waals surface area contributed by atoms with Crippen molar-refractivity contribution in [2.24, 2.45) is 0 Å². The van der Waals surface area contributed by atoms with E-state index >= 15 is 0 Å². The zero-order valence-corrected chi connectivity index (χ0v) is 18.8. The number of hydrogen-bond donors (Lipinski definition) is 0. The molecule has 3 heterocycles. The molecule has 3 aromatic rings. The molecule has 0 aliphatic carbocycles. The van der Waals surface area contributed by atoms with Crippen LogP contribution in [0.2, 0.25) is 0 Å². The van der Waals surface area contributed by atoms with E-state index in [9.17, 15) is 0 Å². The first-order valence-corrected chi connectivity index (χ1v) is 11.0. The Morgan fingerprint density at radius 2 is 2.06 bits per heavy atom. The van der Waals surface area contributed by atoms with Gasteiger partial charge in [0, 0.05) is 43.7 Å². The van der Waals surface area contributed by atoms with Gasteiger partial charge in [0.15, 0.2) is 0 Å². The Morgan fingerprint density at radius 1 is 1.16 bits per heavy atom. The highest BCUT2D eigenvalue weighted by Gasteiger charge is 2.20. The second-order valence-electron chi connectivity index (χ2n) is 8.36. The van der Waals surface area contributed by atoms with Crippen molar-refractivity contribution in [2.45, 2.75) is 52.4 Å². The summed E-state index contributed by atoms with van der Waals surface area (Å²) in [5, 5.41) is 4.62. The van der Waals surface area contributed by atoms with Crippen molar-refractivity contribution in [3.8, 4) is 5.75 Å². The summed E-state index contributed by atoms with van der Waals surface area (Å²) in [7, 11) is 1.73. The van der Waals surface area contributed by atoms with E-state index in [-0.39, 0.29) is 0 Å². The Labute approximate surface area is 184 Å². The molecular formula is C25H32N4O2. The van der Waals surface area contributed by atoms with Gasteiger partial charge in [0.05, 0.1) is 31.1 Å². The molecule has 4 rings (SSSR count). The molecule has 1 aliphatic heterocycles. The number of hydrogen-bond acceptors (Lipinski definition) is 5. The van der Waals surface area contributed by atoms with Gasteiger partial charge in [-0.3, -0.25) is 14.6 Å². The van der Waals surface area contributed by atoms with Gasteiger partial charge < -0.3 is 9.47 Å². The van der Waals surface area contributed by atoms with Crippen molar-refractivity contribution in [3.63, 3.8) is 0 Å². The van der Waals surface area contributed by atoms with Crippen molar-refractivity contribution in [2.75, 3.05) is 20.3 Å². The Bertz CT molecular complexity index is 980. The zero-order chi connectivity index (χ0) is 21.6. The monoisotopic (exact) mass is 420 g/mol. The highest BCUT2D eigenvalue weighted by molar-refractivity contribution is 5.37. The Morgan fingerprint density at radius 3 is 2.74 bits per heavy atom. The molecule has 1 atom stereocenters. The van der Waals surface area contributed by atoms with E-state index in [2.05, 4.69) is 52.2 Å². The molecular weight excluding hydrogens is 388 g/mol. The maximum absolute atomic E-state index is 5.92. The third-order valence-corrected chi connectivity index (χ3v) is 5.77. The van der Waals surface area contributed by atoms with Crippen LogP contribution >= 0.6 is 0 Å². The molecule has 0 amide bonds. The first-order valence-electron chi connectivity index (χ1n) is 11.0. The molecule has 0 radical (unpaired) electrons. The fourth-order valence-electron chi connectivity index (χ4n) is 4.29. The average Bonchev–Trinajstić information content (AvgIpc) is 3.38. The molecule has 1 aromatic carbocycles. The molecule has 2 aromatic heterocycles. The van der Waals surface area contributed by atoms with Crippen LogP contribution in [0.1, 0.15) is 41.1 Å². The number of ether oxygens (including phenoxy) is 2. The molecule has 6 nitrogen and oxygen atoms in total. The summed E-state index contributed by atoms with van der Waals surface area (Å²) in [5.74, 6) is 0.895. The lowest BCUT2D eigenvalue weighted by Gasteiger charge is -2.25. The van der Waals surface area contributed by atoms with Crippen molar-refractivity contribution < 1.29 is 9.47 Å². The van der Waals surface area contributed by atoms with E-state index in [4.69, 9.17) is 9.47 Å². The van der Waals surface area contributed by atoms with Crippen LogP contribution in [0.15, 0.2) is 48.7 Å². The van der Waals surface area contributed by atoms with Gasteiger partial charge in [-0.25, -0.2) is 0 Å². The zero-order valence-electron chi connectivity index (χ0n) is 18.8. The Hall–Kier alpha value is -2.70. The van der Waals surface area contributed by atoms with Gasteiger partial charge in [-0.15, -0.1) is 0 Å². The van der Waals surface area contributed by atoms with Crippen LogP contribution in [-0.2, 0) is 24.4 Å². The van der Waals surface area contributed by atoms with Crippen molar-refractivity contribution in [1.29, 1.82) is 0 Å². The van der Waals surface area contributed by atoms with Gasteiger partial charge in [-0.2, -0.15) is 5.10 Å². The predicted molar refractivity (Wildman–Crippen MR) is 121 cm³/mol. The lowest BCUT2D eigenvalue weighted by Crippen LogP contribution is -2.31. The van der Waals surface area contributed by atoms with E-state index in [1.807, 2.05) is 29.9 Å². The number of aryl methyl sites for hydroxylation is 2. The van der Waals surface area contributed by atoms with Crippen LogP contribution in [-0.4, -0.2) is 46.0 Å². The quantitative estimate of drug-likeness (QED) is 0.521. The van der Waals surface area contributed by atoms with E-state index in [0.29, 0.717) is 12.6 Å². The topological polar surface area (TPSA) is 52.4 Å². The van der Waals surface area contributed by atoms with Crippen LogP contribution in [0, 0.1) is 13.8 Å². The fourth-order valence-corrected chi connectivity index (χ4v) is 4.29. The van der Waals surface area contributed by atoms with E-state index in [1.165, 1.54) is 5.56 Å². The number of pyridine rings is 1. The predicted octanol–water partition coefficient (Wildman–Crippen LogP) is 4.13. The van der Waals surface area contributed by atoms with Gasteiger partial charge >= 0.3 is 0 Å². The largest absolute Gasteiger partial charge is 0.496 e. The summed E-state index contributed by atoms with van der Waals surface area (Å²) in [6, 6.07) is 14.7. The third kappa shape index (κ3) is 5.71. The number of nitrogens with zero attached hydrogens (tertiary/aromatic N) is 4. The average molecular weight is 421 g/mol. The van der Waals surface area contributed by atoms with Crippen molar-refractivity contribution in [3.05, 3.63) is 76.9 Å². The van der Waals surface area contributed by atoms with Gasteiger partial charge in [-0.1, -0.05) is 12.1 Å². The summed E-state index contributed by atoms with van der Waals surface area (Å²) in [6.45, 7) is 8.24. The standard InChI is InChI=1S/C25H32N4O2/c1-19-13-20(2)29(27-19)16-22-14-21(9-10-25(22)30-3)15-28(18-24-8-6-12-31-24)17-23-7-4-5-11-26-23/h4-5,7,9-11,13-14,24H,6,8,12,15-18H2,1-3H3/t24-/m1/s1. The van der Waals surface area contributed by atoms with Crippen LogP contribution in [0.25, 0.3) is 0 Å². The van der Waals surface area contributed by atoms with Crippen LogP contribution in [0.3, 0.4) is 0 Å². The number of aromatic nitrogens is 3. The lowest BCUT2D eigenvalue weighted by atomic mass is 10.1. The molecule has 1 fully saturated rings. The maximum Gasteiger partial charge on any atom is 0.123 e. The summed E-state index contributed by atoms with van der Waals surface area (Å²) < 4.78 is 13.6. The molecule has 6 heteroatoms. The maximum atomic E-state index is 5.92. The Balaban J connectivity index is 1.54. The van der Waals surface area contributed by atoms with Gasteiger partial charge in [0.2, 0.25) is 0 Å². The molecule has 164 valence electrons. The summed E-state index contributed by atoms with van der Waals surface area (Å²) in [5.41, 5.74) is 5.66. The first-order chi connectivity index (χ1) is 15.1. The third-order valence-electron chi connectivity index (χ3n) is 5.77. The summed E-state index contributed by atoms with van der Waals surface area (Å²) >= 11 is 0. The second-order valence-corrected chi connectivity index (χ2v) is 8.36. The van der Waals surface area contributed by atoms with Gasteiger partial charge in [0.1, 0.15) is 5.75 Å². The molecule has 0 unspecified atom stereocenters. The SMILES string of the molecule is COc1ccc(CN(Cc2ccccn2)C[C@H]2CCCO2)cc1Cn1nc(C)cc1C. The van der Waals surface area contributed by atoms with Crippen LogP contribution in [0.4, 0.5) is 0 Å². The van der Waals surface area contributed by atoms with Gasteiger partial charge in [-0.05, 0) is 62.6 Å². The van der Waals surface area contributed by atoms with E-state index in [1.54, 1.807) is 7.11 Å². The molecule has 0 spiro atoms. The molecule has 1 saturated heterocycles. The van der Waals surface area contributed by atoms with Crippen molar-refractivity contribution in [1.82, 2.24) is 19.7 Å². The van der Waals surface area contributed by atoms with E-state index in [0.717, 1.165) is 67.5 Å². The molecule has 0 saturated carbocycles. The summed E-state index contributed by atoms with van der Waals surface area (Å²) in [4.78, 5) is 6.97. The van der Waals surface area contributed by atoms with Crippen molar-refractivity contribution >= 4 is 0 Å². The number of rotatable bonds is 9. The highest BCUT2D eigenvalue weighted by atomic mass is 16.5. The minimum Gasteiger partial charge on any atom is -0.496 e. The van der Waals surface area contributed by atoms with Gasteiger partial charge in [0.25, 0.3) is 0 Å². The first kappa shape index (κ1) is 21.5. The summed E-state index contributed by atoms with van der Waals surface area (Å²) in [6.07, 6.45) is 4.44. The minimum atomic E-state index is 0.302. The normalized spacial score (nSPS) is 16.2. The number of methoxy groups -OCH3 is 1. The minimum absolute atomic E-state index is 0.302. The highest BCUT2D eigenvalue weighted by Crippen LogP contribution is 2.24. The molecule has 31 heavy (non-hydrogen) atoms. The lowest BCUT2D eigenvalue weighted by molar-refractivity contribution is 0.0674. The smallest absolute Gasteiger partial charge is 0.123 e. The Kier molecular flexibility index (Phi) is 6.99. The fraction of sp³-hybridized carbons (Fsp3) is 0.440. The second kappa shape index (κ2) is 10.1. The molecule has 0 N–H and O–H groups in total.